The van der Waals surface area contributed by atoms with Gasteiger partial charge in [-0.15, -0.1) is 0 Å². The van der Waals surface area contributed by atoms with Crippen LogP contribution in [0.2, 0.25) is 0 Å². The topological polar surface area (TPSA) is 44.8 Å². The van der Waals surface area contributed by atoms with E-state index in [1.165, 1.54) is 0 Å². The number of rotatable bonds is 8. The minimum Gasteiger partial charge on any atom is -0.497 e. The molecule has 4 nitrogen and oxygen atoms in total. The molecule has 0 aromatic heterocycles. The Hall–Kier alpha value is -2.49. The molecule has 0 saturated heterocycles. The zero-order valence-electron chi connectivity index (χ0n) is 13.6. The molecule has 0 amide bonds. The normalized spacial score (nSPS) is 10.2. The van der Waals surface area contributed by atoms with Crippen LogP contribution in [0.3, 0.4) is 0 Å². The fourth-order valence-electron chi connectivity index (χ4n) is 2.22. The van der Waals surface area contributed by atoms with Gasteiger partial charge >= 0.3 is 5.97 Å². The van der Waals surface area contributed by atoms with Gasteiger partial charge in [-0.1, -0.05) is 30.3 Å². The lowest BCUT2D eigenvalue weighted by molar-refractivity contribution is -0.143. The first-order valence-corrected chi connectivity index (χ1v) is 7.72. The molecule has 2 rings (SSSR count). The number of ether oxygens (including phenoxy) is 3. The lowest BCUT2D eigenvalue weighted by Crippen LogP contribution is -2.06. The van der Waals surface area contributed by atoms with Crippen molar-refractivity contribution >= 4 is 5.97 Å². The summed E-state index contributed by atoms with van der Waals surface area (Å²) in [7, 11) is 1.62. The molecule has 23 heavy (non-hydrogen) atoms. The van der Waals surface area contributed by atoms with Crippen molar-refractivity contribution in [1.29, 1.82) is 0 Å². The summed E-state index contributed by atoms with van der Waals surface area (Å²) in [6.07, 6.45) is 0.878. The fourth-order valence-corrected chi connectivity index (χ4v) is 2.22. The Kier molecular flexibility index (Phi) is 6.48. The van der Waals surface area contributed by atoms with Crippen LogP contribution in [0.1, 0.15) is 24.5 Å². The number of carbonyl (C=O) groups is 1. The molecule has 0 radical (unpaired) electrons. The van der Waals surface area contributed by atoms with Gasteiger partial charge in [0.2, 0.25) is 0 Å². The van der Waals surface area contributed by atoms with Crippen LogP contribution < -0.4 is 9.47 Å². The summed E-state index contributed by atoms with van der Waals surface area (Å²) in [6.45, 7) is 2.69. The number of hydrogen-bond acceptors (Lipinski definition) is 4. The lowest BCUT2D eigenvalue weighted by atomic mass is 10.1. The zero-order chi connectivity index (χ0) is 16.5. The van der Waals surface area contributed by atoms with Crippen LogP contribution in [0.4, 0.5) is 0 Å². The number of aryl methyl sites for hydroxylation is 1. The van der Waals surface area contributed by atoms with Gasteiger partial charge in [0, 0.05) is 6.42 Å². The Morgan fingerprint density at radius 1 is 1.09 bits per heavy atom. The molecule has 0 bridgehead atoms. The Labute approximate surface area is 137 Å². The third-order valence-electron chi connectivity index (χ3n) is 3.41. The molecule has 2 aromatic rings. The van der Waals surface area contributed by atoms with Crippen molar-refractivity contribution in [3.8, 4) is 11.5 Å². The van der Waals surface area contributed by atoms with Gasteiger partial charge in [-0.2, -0.15) is 0 Å². The van der Waals surface area contributed by atoms with E-state index >= 15 is 0 Å². The van der Waals surface area contributed by atoms with Crippen molar-refractivity contribution in [3.63, 3.8) is 0 Å². The van der Waals surface area contributed by atoms with E-state index in [1.807, 2.05) is 48.5 Å². The summed E-state index contributed by atoms with van der Waals surface area (Å²) < 4.78 is 16.1. The van der Waals surface area contributed by atoms with Crippen molar-refractivity contribution < 1.29 is 19.0 Å². The maximum atomic E-state index is 11.6. The zero-order valence-corrected chi connectivity index (χ0v) is 13.6. The second kappa shape index (κ2) is 8.83. The number of methoxy groups -OCH3 is 1. The highest BCUT2D eigenvalue weighted by Gasteiger charge is 2.10. The van der Waals surface area contributed by atoms with Crippen LogP contribution in [0.25, 0.3) is 0 Å². The van der Waals surface area contributed by atoms with Gasteiger partial charge in [0.25, 0.3) is 0 Å². The molecule has 0 unspecified atom stereocenters. The average Bonchev–Trinajstić information content (AvgIpc) is 2.59. The van der Waals surface area contributed by atoms with E-state index in [4.69, 9.17) is 14.2 Å². The summed E-state index contributed by atoms with van der Waals surface area (Å²) >= 11 is 0. The summed E-state index contributed by atoms with van der Waals surface area (Å²) in [5, 5.41) is 0. The van der Waals surface area contributed by atoms with Gasteiger partial charge in [-0.25, -0.2) is 0 Å². The van der Waals surface area contributed by atoms with Crippen molar-refractivity contribution in [1.82, 2.24) is 0 Å². The molecular weight excluding hydrogens is 292 g/mol. The van der Waals surface area contributed by atoms with Gasteiger partial charge in [0.05, 0.1) is 13.7 Å². The number of esters is 1. The summed E-state index contributed by atoms with van der Waals surface area (Å²) in [6, 6.07) is 15.6. The summed E-state index contributed by atoms with van der Waals surface area (Å²) in [5.41, 5.74) is 2.04. The minimum absolute atomic E-state index is 0.204. The van der Waals surface area contributed by atoms with Crippen LogP contribution >= 0.6 is 0 Å². The van der Waals surface area contributed by atoms with E-state index in [-0.39, 0.29) is 5.97 Å². The molecule has 0 atom stereocenters. The molecule has 0 aliphatic carbocycles. The highest BCUT2D eigenvalue weighted by Crippen LogP contribution is 2.26. The number of benzene rings is 2. The molecule has 0 aliphatic heterocycles. The van der Waals surface area contributed by atoms with Gasteiger partial charge < -0.3 is 14.2 Å². The lowest BCUT2D eigenvalue weighted by Gasteiger charge is -2.13. The van der Waals surface area contributed by atoms with Crippen LogP contribution in [-0.4, -0.2) is 19.7 Å². The Balaban J connectivity index is 2.06. The van der Waals surface area contributed by atoms with Crippen LogP contribution in [0.5, 0.6) is 11.5 Å². The van der Waals surface area contributed by atoms with Crippen molar-refractivity contribution in [3.05, 3.63) is 59.7 Å². The standard InChI is InChI=1S/C19H22O4/c1-3-22-19(20)12-9-16-13-17(21-2)10-11-18(16)23-14-15-7-5-4-6-8-15/h4-8,10-11,13H,3,9,12,14H2,1-2H3. The molecule has 0 heterocycles. The third kappa shape index (κ3) is 5.33. The van der Waals surface area contributed by atoms with Gasteiger partial charge in [0.15, 0.2) is 0 Å². The predicted molar refractivity (Wildman–Crippen MR) is 88.7 cm³/mol. The smallest absolute Gasteiger partial charge is 0.306 e. The maximum Gasteiger partial charge on any atom is 0.306 e. The quantitative estimate of drug-likeness (QED) is 0.696. The van der Waals surface area contributed by atoms with Gasteiger partial charge in [-0.3, -0.25) is 4.79 Å². The van der Waals surface area contributed by atoms with Crippen LogP contribution in [-0.2, 0) is 22.6 Å². The van der Waals surface area contributed by atoms with Crippen LogP contribution in [0.15, 0.2) is 48.5 Å². The Morgan fingerprint density at radius 3 is 2.57 bits per heavy atom. The second-order valence-corrected chi connectivity index (χ2v) is 5.05. The molecule has 0 aliphatic rings. The molecule has 0 fully saturated rings. The van der Waals surface area contributed by atoms with Crippen molar-refractivity contribution in [2.45, 2.75) is 26.4 Å². The monoisotopic (exact) mass is 314 g/mol. The summed E-state index contributed by atoms with van der Waals surface area (Å²) in [5.74, 6) is 1.30. The van der Waals surface area contributed by atoms with E-state index < -0.39 is 0 Å². The molecule has 4 heteroatoms. The minimum atomic E-state index is -0.204. The average molecular weight is 314 g/mol. The highest BCUT2D eigenvalue weighted by molar-refractivity contribution is 5.69. The number of hydrogen-bond donors (Lipinski definition) is 0. The Morgan fingerprint density at radius 2 is 1.87 bits per heavy atom. The SMILES string of the molecule is CCOC(=O)CCc1cc(OC)ccc1OCc1ccccc1. The largest absolute Gasteiger partial charge is 0.497 e. The van der Waals surface area contributed by atoms with E-state index in [0.29, 0.717) is 26.1 Å². The van der Waals surface area contributed by atoms with E-state index in [2.05, 4.69) is 0 Å². The van der Waals surface area contributed by atoms with Crippen LogP contribution in [0, 0.1) is 0 Å². The fraction of sp³-hybridized carbons (Fsp3) is 0.316. The van der Waals surface area contributed by atoms with E-state index in [9.17, 15) is 4.79 Å². The first-order valence-electron chi connectivity index (χ1n) is 7.72. The second-order valence-electron chi connectivity index (χ2n) is 5.05. The summed E-state index contributed by atoms with van der Waals surface area (Å²) in [4.78, 5) is 11.6. The van der Waals surface area contributed by atoms with Gasteiger partial charge in [0.1, 0.15) is 18.1 Å². The highest BCUT2D eigenvalue weighted by atomic mass is 16.5. The first-order chi connectivity index (χ1) is 11.2. The molecule has 2 aromatic carbocycles. The van der Waals surface area contributed by atoms with Crippen molar-refractivity contribution in [2.75, 3.05) is 13.7 Å². The maximum absolute atomic E-state index is 11.6. The van der Waals surface area contributed by atoms with Gasteiger partial charge in [-0.05, 0) is 42.7 Å². The third-order valence-corrected chi connectivity index (χ3v) is 3.41. The predicted octanol–water partition coefficient (Wildman–Crippen LogP) is 3.77. The molecule has 122 valence electrons. The van der Waals surface area contributed by atoms with Crippen molar-refractivity contribution in [2.24, 2.45) is 0 Å². The first kappa shape index (κ1) is 16.9. The molecular formula is C19H22O4. The molecule has 0 N–H and O–H groups in total. The Bertz CT molecular complexity index is 623. The van der Waals surface area contributed by atoms with E-state index in [0.717, 1.165) is 22.6 Å². The molecule has 0 spiro atoms. The molecule has 0 saturated carbocycles. The van der Waals surface area contributed by atoms with E-state index in [1.54, 1.807) is 14.0 Å². The number of carbonyl (C=O) groups excluding carboxylic acids is 1.